The van der Waals surface area contributed by atoms with Crippen LogP contribution in [0.1, 0.15) is 24.8 Å². The highest BCUT2D eigenvalue weighted by atomic mass is 16.5. The second-order valence-electron chi connectivity index (χ2n) is 7.48. The minimum absolute atomic E-state index is 0.0456. The molecular weight excluding hydrogens is 380 g/mol. The van der Waals surface area contributed by atoms with Crippen LogP contribution in [-0.4, -0.2) is 49.6 Å². The fourth-order valence-electron chi connectivity index (χ4n) is 3.94. The van der Waals surface area contributed by atoms with Crippen LogP contribution in [0.5, 0.6) is 11.5 Å². The zero-order chi connectivity index (χ0) is 20.9. The first kappa shape index (κ1) is 20.0. The molecule has 30 heavy (non-hydrogen) atoms. The molecule has 0 aliphatic carbocycles. The predicted molar refractivity (Wildman–Crippen MR) is 116 cm³/mol. The van der Waals surface area contributed by atoms with E-state index in [0.717, 1.165) is 37.9 Å². The molecule has 2 aliphatic rings. The fraction of sp³-hybridized carbons (Fsp3) is 0.333. The summed E-state index contributed by atoms with van der Waals surface area (Å²) in [5.41, 5.74) is 1.49. The van der Waals surface area contributed by atoms with Crippen LogP contribution >= 0.6 is 0 Å². The first-order chi connectivity index (χ1) is 14.7. The van der Waals surface area contributed by atoms with Gasteiger partial charge in [-0.15, -0.1) is 0 Å². The van der Waals surface area contributed by atoms with Crippen LogP contribution in [0.25, 0.3) is 6.08 Å². The highest BCUT2D eigenvalue weighted by molar-refractivity contribution is 6.06. The van der Waals surface area contributed by atoms with Gasteiger partial charge in [0.25, 0.3) is 11.8 Å². The average molecular weight is 406 g/mol. The summed E-state index contributed by atoms with van der Waals surface area (Å²) in [6, 6.07) is 14.9. The molecule has 0 bridgehead atoms. The van der Waals surface area contributed by atoms with Gasteiger partial charge in [-0.2, -0.15) is 0 Å². The lowest BCUT2D eigenvalue weighted by Crippen LogP contribution is -2.52. The minimum Gasteiger partial charge on any atom is -0.496 e. The van der Waals surface area contributed by atoms with Gasteiger partial charge in [0, 0.05) is 24.7 Å². The molecule has 156 valence electrons. The SMILES string of the molecule is COc1ccccc1/C=C/C(=O)N1C[C@@H](C(=O)N2CCCCC2)Oc2ccccc21. The molecule has 1 atom stereocenters. The number of likely N-dealkylation sites (tertiary alicyclic amines) is 1. The maximum Gasteiger partial charge on any atom is 0.265 e. The van der Waals surface area contributed by atoms with Gasteiger partial charge < -0.3 is 19.3 Å². The molecule has 1 saturated heterocycles. The van der Waals surface area contributed by atoms with Crippen LogP contribution in [0.4, 0.5) is 5.69 Å². The van der Waals surface area contributed by atoms with Crippen molar-refractivity contribution in [3.8, 4) is 11.5 Å². The van der Waals surface area contributed by atoms with Gasteiger partial charge in [0.15, 0.2) is 6.10 Å². The van der Waals surface area contributed by atoms with Crippen LogP contribution in [0.3, 0.4) is 0 Å². The molecule has 2 aromatic carbocycles. The Hall–Kier alpha value is -3.28. The number of fused-ring (bicyclic) bond motifs is 1. The van der Waals surface area contributed by atoms with Gasteiger partial charge in [0.2, 0.25) is 0 Å². The van der Waals surface area contributed by atoms with Crippen LogP contribution in [0.15, 0.2) is 54.6 Å². The molecule has 0 unspecified atom stereocenters. The predicted octanol–water partition coefficient (Wildman–Crippen LogP) is 3.52. The van der Waals surface area contributed by atoms with Crippen molar-refractivity contribution in [2.75, 3.05) is 31.6 Å². The van der Waals surface area contributed by atoms with Gasteiger partial charge in [-0.3, -0.25) is 9.59 Å². The summed E-state index contributed by atoms with van der Waals surface area (Å²) in [5, 5.41) is 0. The van der Waals surface area contributed by atoms with E-state index in [0.29, 0.717) is 17.2 Å². The number of hydrogen-bond donors (Lipinski definition) is 0. The van der Waals surface area contributed by atoms with Crippen molar-refractivity contribution in [1.29, 1.82) is 0 Å². The standard InChI is InChI=1S/C24H26N2O4/c1-29-20-11-5-3-9-18(20)13-14-23(27)26-17-22(24(28)25-15-7-2-8-16-25)30-21-12-6-4-10-19(21)26/h3-6,9-14,22H,2,7-8,15-17H2,1H3/b14-13+/t22-/m0/s1. The van der Waals surface area contributed by atoms with Gasteiger partial charge in [-0.25, -0.2) is 0 Å². The molecule has 2 aliphatic heterocycles. The summed E-state index contributed by atoms with van der Waals surface area (Å²) in [5.74, 6) is 1.00. The zero-order valence-corrected chi connectivity index (χ0v) is 17.1. The number of methoxy groups -OCH3 is 1. The number of carbonyl (C=O) groups excluding carboxylic acids is 2. The minimum atomic E-state index is -0.693. The third-order valence-corrected chi connectivity index (χ3v) is 5.53. The number of para-hydroxylation sites is 3. The Balaban J connectivity index is 1.57. The van der Waals surface area contributed by atoms with Crippen molar-refractivity contribution in [1.82, 2.24) is 4.90 Å². The summed E-state index contributed by atoms with van der Waals surface area (Å²) < 4.78 is 11.3. The lowest BCUT2D eigenvalue weighted by molar-refractivity contribution is -0.139. The molecule has 0 N–H and O–H groups in total. The zero-order valence-electron chi connectivity index (χ0n) is 17.1. The van der Waals surface area contributed by atoms with Crippen molar-refractivity contribution in [2.45, 2.75) is 25.4 Å². The normalized spacial score (nSPS) is 18.6. The molecule has 0 spiro atoms. The van der Waals surface area contributed by atoms with Crippen LogP contribution in [0.2, 0.25) is 0 Å². The summed E-state index contributed by atoms with van der Waals surface area (Å²) in [6.45, 7) is 1.70. The van der Waals surface area contributed by atoms with Crippen molar-refractivity contribution < 1.29 is 19.1 Å². The number of piperidine rings is 1. The second-order valence-corrected chi connectivity index (χ2v) is 7.48. The third-order valence-electron chi connectivity index (χ3n) is 5.53. The van der Waals surface area contributed by atoms with E-state index in [-0.39, 0.29) is 18.4 Å². The molecular formula is C24H26N2O4. The summed E-state index contributed by atoms with van der Waals surface area (Å²) >= 11 is 0. The molecule has 4 rings (SSSR count). The van der Waals surface area contributed by atoms with Crippen molar-refractivity contribution in [2.24, 2.45) is 0 Å². The first-order valence-electron chi connectivity index (χ1n) is 10.3. The Morgan fingerprint density at radius 1 is 1.03 bits per heavy atom. The summed E-state index contributed by atoms with van der Waals surface area (Å²) in [7, 11) is 1.60. The van der Waals surface area contributed by atoms with Crippen LogP contribution in [-0.2, 0) is 9.59 Å². The van der Waals surface area contributed by atoms with Gasteiger partial charge in [0.1, 0.15) is 11.5 Å². The maximum absolute atomic E-state index is 13.1. The largest absolute Gasteiger partial charge is 0.496 e. The Bertz CT molecular complexity index is 950. The number of rotatable bonds is 4. The third kappa shape index (κ3) is 4.17. The van der Waals surface area contributed by atoms with E-state index in [9.17, 15) is 9.59 Å². The molecule has 0 saturated carbocycles. The van der Waals surface area contributed by atoms with Crippen LogP contribution in [0, 0.1) is 0 Å². The summed E-state index contributed by atoms with van der Waals surface area (Å²) in [6.07, 6.45) is 5.74. The van der Waals surface area contributed by atoms with Crippen molar-refractivity contribution >= 4 is 23.6 Å². The molecule has 2 heterocycles. The first-order valence-corrected chi connectivity index (χ1v) is 10.3. The molecule has 2 aromatic rings. The lowest BCUT2D eigenvalue weighted by atomic mass is 10.1. The van der Waals surface area contributed by atoms with E-state index in [2.05, 4.69) is 0 Å². The van der Waals surface area contributed by atoms with Crippen molar-refractivity contribution in [3.05, 3.63) is 60.2 Å². The van der Waals surface area contributed by atoms with Gasteiger partial charge >= 0.3 is 0 Å². The summed E-state index contributed by atoms with van der Waals surface area (Å²) in [4.78, 5) is 29.6. The quantitative estimate of drug-likeness (QED) is 0.729. The Kier molecular flexibility index (Phi) is 6.02. The molecule has 6 heteroatoms. The lowest BCUT2D eigenvalue weighted by Gasteiger charge is -2.37. The number of anilines is 1. The Labute approximate surface area is 176 Å². The van der Waals surface area contributed by atoms with E-state index in [1.807, 2.05) is 47.4 Å². The number of benzene rings is 2. The van der Waals surface area contributed by atoms with Gasteiger partial charge in [-0.05, 0) is 43.5 Å². The smallest absolute Gasteiger partial charge is 0.265 e. The Morgan fingerprint density at radius 3 is 2.57 bits per heavy atom. The molecule has 0 radical (unpaired) electrons. The van der Waals surface area contributed by atoms with Gasteiger partial charge in [-0.1, -0.05) is 30.3 Å². The van der Waals surface area contributed by atoms with Crippen molar-refractivity contribution in [3.63, 3.8) is 0 Å². The highest BCUT2D eigenvalue weighted by Crippen LogP contribution is 2.34. The number of hydrogen-bond acceptors (Lipinski definition) is 4. The van der Waals surface area contributed by atoms with E-state index >= 15 is 0 Å². The highest BCUT2D eigenvalue weighted by Gasteiger charge is 2.35. The average Bonchev–Trinajstić information content (AvgIpc) is 2.82. The number of ether oxygens (including phenoxy) is 2. The Morgan fingerprint density at radius 2 is 1.77 bits per heavy atom. The van der Waals surface area contributed by atoms with E-state index in [1.54, 1.807) is 24.2 Å². The monoisotopic (exact) mass is 406 g/mol. The maximum atomic E-state index is 13.1. The van der Waals surface area contributed by atoms with E-state index in [1.165, 1.54) is 6.08 Å². The number of carbonyl (C=O) groups is 2. The molecule has 6 nitrogen and oxygen atoms in total. The molecule has 1 fully saturated rings. The second kappa shape index (κ2) is 9.03. The van der Waals surface area contributed by atoms with E-state index < -0.39 is 6.10 Å². The van der Waals surface area contributed by atoms with Gasteiger partial charge in [0.05, 0.1) is 19.3 Å². The fourth-order valence-corrected chi connectivity index (χ4v) is 3.94. The number of amides is 2. The van der Waals surface area contributed by atoms with Crippen LogP contribution < -0.4 is 14.4 Å². The topological polar surface area (TPSA) is 59.1 Å². The molecule has 2 amide bonds. The van der Waals surface area contributed by atoms with E-state index in [4.69, 9.17) is 9.47 Å². The molecule has 0 aromatic heterocycles. The number of nitrogens with zero attached hydrogens (tertiary/aromatic N) is 2.